The van der Waals surface area contributed by atoms with Crippen LogP contribution in [0.4, 0.5) is 4.79 Å². The van der Waals surface area contributed by atoms with Crippen molar-refractivity contribution in [2.75, 3.05) is 12.6 Å². The summed E-state index contributed by atoms with van der Waals surface area (Å²) >= 11 is 5.28. The van der Waals surface area contributed by atoms with Crippen molar-refractivity contribution < 1.29 is 9.53 Å². The molecule has 0 aromatic rings. The van der Waals surface area contributed by atoms with Crippen molar-refractivity contribution in [2.24, 2.45) is 0 Å². The van der Waals surface area contributed by atoms with Gasteiger partial charge < -0.3 is 10.1 Å². The van der Waals surface area contributed by atoms with Crippen LogP contribution in [0.15, 0.2) is 0 Å². The Bertz CT molecular complexity index is 225. The van der Waals surface area contributed by atoms with E-state index in [4.69, 9.17) is 11.6 Å². The Kier molecular flexibility index (Phi) is 17.2. The summed E-state index contributed by atoms with van der Waals surface area (Å²) in [6.07, 6.45) is 16.9. The van der Waals surface area contributed by atoms with E-state index in [1.807, 2.05) is 0 Å². The molecule has 0 fully saturated rings. The molecule has 0 aromatic carbocycles. The second-order valence-electron chi connectivity index (χ2n) is 5.71. The number of unbranched alkanes of at least 4 members (excludes halogenated alkanes) is 12. The van der Waals surface area contributed by atoms with E-state index in [0.717, 1.165) is 6.42 Å². The summed E-state index contributed by atoms with van der Waals surface area (Å²) < 4.78 is 4.57. The fourth-order valence-electron chi connectivity index (χ4n) is 2.43. The number of rotatable bonds is 15. The molecule has 126 valence electrons. The van der Waals surface area contributed by atoms with Crippen LogP contribution < -0.4 is 5.32 Å². The highest BCUT2D eigenvalue weighted by Gasteiger charge is 1.98. The van der Waals surface area contributed by atoms with Gasteiger partial charge in [-0.25, -0.2) is 4.79 Å². The van der Waals surface area contributed by atoms with Gasteiger partial charge in [0.2, 0.25) is 0 Å². The van der Waals surface area contributed by atoms with Crippen LogP contribution in [0.2, 0.25) is 0 Å². The maximum absolute atomic E-state index is 10.9. The summed E-state index contributed by atoms with van der Waals surface area (Å²) in [5, 5.41) is 2.68. The predicted octanol–water partition coefficient (Wildman–Crippen LogP) is 6.00. The van der Waals surface area contributed by atoms with Gasteiger partial charge in [0, 0.05) is 6.54 Å². The molecule has 0 aliphatic rings. The van der Waals surface area contributed by atoms with Crippen LogP contribution in [-0.2, 0) is 4.74 Å². The largest absolute Gasteiger partial charge is 0.433 e. The highest BCUT2D eigenvalue weighted by Crippen LogP contribution is 2.12. The number of carbonyl (C=O) groups is 1. The molecule has 4 heteroatoms. The minimum absolute atomic E-state index is 0.0789. The van der Waals surface area contributed by atoms with Crippen molar-refractivity contribution in [3.8, 4) is 0 Å². The minimum Gasteiger partial charge on any atom is -0.433 e. The zero-order chi connectivity index (χ0) is 15.6. The standard InChI is InChI=1S/C17H34ClNO2/c1-2-3-4-5-6-7-8-9-10-11-12-13-14-15-19-17(20)21-16-18/h2-16H2,1H3,(H,19,20). The average Bonchev–Trinajstić information content (AvgIpc) is 2.48. The van der Waals surface area contributed by atoms with Crippen molar-refractivity contribution in [3.63, 3.8) is 0 Å². The van der Waals surface area contributed by atoms with Crippen LogP contribution in [0.5, 0.6) is 0 Å². The molecule has 0 heterocycles. The Morgan fingerprint density at radius 3 is 1.67 bits per heavy atom. The van der Waals surface area contributed by atoms with Crippen LogP contribution in [0.25, 0.3) is 0 Å². The predicted molar refractivity (Wildman–Crippen MR) is 90.9 cm³/mol. The summed E-state index contributed by atoms with van der Waals surface area (Å²) in [7, 11) is 0. The second-order valence-corrected chi connectivity index (χ2v) is 5.93. The third-order valence-electron chi connectivity index (χ3n) is 3.74. The van der Waals surface area contributed by atoms with Crippen LogP contribution in [0, 0.1) is 0 Å². The summed E-state index contributed by atoms with van der Waals surface area (Å²) in [6, 6.07) is -0.0789. The molecule has 3 nitrogen and oxygen atoms in total. The molecule has 1 amide bonds. The van der Waals surface area contributed by atoms with Crippen molar-refractivity contribution in [2.45, 2.75) is 90.4 Å². The van der Waals surface area contributed by atoms with Crippen molar-refractivity contribution >= 4 is 17.7 Å². The second kappa shape index (κ2) is 17.6. The highest BCUT2D eigenvalue weighted by atomic mass is 35.5. The molecule has 0 saturated heterocycles. The number of amides is 1. The number of ether oxygens (including phenoxy) is 1. The highest BCUT2D eigenvalue weighted by molar-refractivity contribution is 6.17. The number of alkyl halides is 1. The van der Waals surface area contributed by atoms with Gasteiger partial charge in [-0.3, -0.25) is 0 Å². The molecule has 1 N–H and O–H groups in total. The van der Waals surface area contributed by atoms with Gasteiger partial charge in [0.05, 0.1) is 0 Å². The lowest BCUT2D eigenvalue weighted by molar-refractivity contribution is 0.164. The maximum atomic E-state index is 10.9. The van der Waals surface area contributed by atoms with Crippen molar-refractivity contribution in [1.29, 1.82) is 0 Å². The molecule has 0 unspecified atom stereocenters. The monoisotopic (exact) mass is 319 g/mol. The lowest BCUT2D eigenvalue weighted by atomic mass is 10.0. The van der Waals surface area contributed by atoms with E-state index in [9.17, 15) is 4.79 Å². The van der Waals surface area contributed by atoms with Crippen molar-refractivity contribution in [3.05, 3.63) is 0 Å². The Morgan fingerprint density at radius 1 is 0.810 bits per heavy atom. The van der Waals surface area contributed by atoms with Crippen LogP contribution >= 0.6 is 11.6 Å². The van der Waals surface area contributed by atoms with Crippen LogP contribution in [0.1, 0.15) is 90.4 Å². The quantitative estimate of drug-likeness (QED) is 0.297. The Morgan fingerprint density at radius 2 is 1.24 bits per heavy atom. The molecule has 0 bridgehead atoms. The van der Waals surface area contributed by atoms with Gasteiger partial charge in [0.15, 0.2) is 6.07 Å². The average molecular weight is 320 g/mol. The van der Waals surface area contributed by atoms with E-state index in [1.54, 1.807) is 0 Å². The number of hydrogen-bond donors (Lipinski definition) is 1. The Hall–Kier alpha value is -0.440. The maximum Gasteiger partial charge on any atom is 0.408 e. The third kappa shape index (κ3) is 17.5. The summed E-state index contributed by atoms with van der Waals surface area (Å²) in [5.74, 6) is 0. The van der Waals surface area contributed by atoms with Gasteiger partial charge in [0.1, 0.15) is 0 Å². The zero-order valence-corrected chi connectivity index (χ0v) is 14.6. The fourth-order valence-corrected chi connectivity index (χ4v) is 2.53. The topological polar surface area (TPSA) is 38.3 Å². The first kappa shape index (κ1) is 20.6. The normalized spacial score (nSPS) is 10.6. The van der Waals surface area contributed by atoms with Gasteiger partial charge in [-0.15, -0.1) is 0 Å². The number of nitrogens with one attached hydrogen (secondary N) is 1. The van der Waals surface area contributed by atoms with Crippen LogP contribution in [-0.4, -0.2) is 18.7 Å². The van der Waals surface area contributed by atoms with Gasteiger partial charge in [-0.1, -0.05) is 95.6 Å². The molecule has 0 aliphatic carbocycles. The molecule has 21 heavy (non-hydrogen) atoms. The lowest BCUT2D eigenvalue weighted by Crippen LogP contribution is -2.24. The van der Waals surface area contributed by atoms with Crippen molar-refractivity contribution in [1.82, 2.24) is 5.32 Å². The Balaban J connectivity index is 3.01. The molecule has 0 aliphatic heterocycles. The number of alkyl carbamates (subject to hydrolysis) is 1. The molecule has 0 radical (unpaired) electrons. The van der Waals surface area contributed by atoms with E-state index in [-0.39, 0.29) is 6.07 Å². The molecule has 0 spiro atoms. The molecular formula is C17H34ClNO2. The number of hydrogen-bond acceptors (Lipinski definition) is 2. The molecule has 0 rings (SSSR count). The summed E-state index contributed by atoms with van der Waals surface area (Å²) in [5.41, 5.74) is 0. The first-order valence-electron chi connectivity index (χ1n) is 8.77. The molecule has 0 aromatic heterocycles. The van der Waals surface area contributed by atoms with Gasteiger partial charge in [0.25, 0.3) is 0 Å². The van der Waals surface area contributed by atoms with Gasteiger partial charge >= 0.3 is 6.09 Å². The number of carbonyl (C=O) groups excluding carboxylic acids is 1. The lowest BCUT2D eigenvalue weighted by Gasteiger charge is -2.05. The van der Waals surface area contributed by atoms with E-state index in [0.29, 0.717) is 6.54 Å². The van der Waals surface area contributed by atoms with Gasteiger partial charge in [-0.2, -0.15) is 0 Å². The van der Waals surface area contributed by atoms with Gasteiger partial charge in [-0.05, 0) is 6.42 Å². The van der Waals surface area contributed by atoms with E-state index in [2.05, 4.69) is 17.0 Å². The molecular weight excluding hydrogens is 286 g/mol. The van der Waals surface area contributed by atoms with Crippen LogP contribution in [0.3, 0.4) is 0 Å². The zero-order valence-electron chi connectivity index (χ0n) is 13.8. The number of halogens is 1. The van der Waals surface area contributed by atoms with E-state index >= 15 is 0 Å². The molecule has 0 saturated carbocycles. The minimum atomic E-state index is -0.413. The molecule has 0 atom stereocenters. The smallest absolute Gasteiger partial charge is 0.408 e. The summed E-state index contributed by atoms with van der Waals surface area (Å²) in [4.78, 5) is 10.9. The first-order chi connectivity index (χ1) is 10.3. The summed E-state index contributed by atoms with van der Waals surface area (Å²) in [6.45, 7) is 2.95. The third-order valence-corrected chi connectivity index (χ3v) is 3.84. The van der Waals surface area contributed by atoms with E-state index in [1.165, 1.54) is 77.0 Å². The fraction of sp³-hybridized carbons (Fsp3) is 0.941. The SMILES string of the molecule is CCCCCCCCCCCCCCCNC(=O)OCCl. The first-order valence-corrected chi connectivity index (χ1v) is 9.31. The van der Waals surface area contributed by atoms with E-state index < -0.39 is 6.09 Å². The Labute approximate surface area is 136 Å².